The molecule has 0 aliphatic carbocycles. The fraction of sp³-hybridized carbons (Fsp3) is 0.100. The lowest BCUT2D eigenvalue weighted by Crippen LogP contribution is -2.09. The van der Waals surface area contributed by atoms with E-state index < -0.39 is 6.61 Å². The Bertz CT molecular complexity index is 972. The average Bonchev–Trinajstić information content (AvgIpc) is 3.09. The molecule has 0 unspecified atom stereocenters. The lowest BCUT2D eigenvalue weighted by molar-refractivity contribution is -0.111. The Hall–Kier alpha value is -3.19. The molecule has 0 saturated carbocycles. The predicted molar refractivity (Wildman–Crippen MR) is 104 cm³/mol. The summed E-state index contributed by atoms with van der Waals surface area (Å²) in [5.74, 6) is 0.0962. The van der Waals surface area contributed by atoms with Gasteiger partial charge in [0.2, 0.25) is 5.91 Å². The maximum atomic E-state index is 12.1. The molecule has 3 aromatic rings. The van der Waals surface area contributed by atoms with Gasteiger partial charge in [0, 0.05) is 23.4 Å². The molecule has 3 rings (SSSR count). The van der Waals surface area contributed by atoms with E-state index in [9.17, 15) is 13.6 Å². The SMILES string of the molecule is O=C(/C=C\c1ccc(OC(F)F)cc1)Nc1ccn(Cc2ccccc2Cl)n1. The third kappa shape index (κ3) is 5.65. The molecule has 144 valence electrons. The molecule has 1 amide bonds. The maximum absolute atomic E-state index is 12.1. The molecular formula is C20H16ClF2N3O2. The number of ether oxygens (including phenoxy) is 1. The summed E-state index contributed by atoms with van der Waals surface area (Å²) >= 11 is 6.13. The molecular weight excluding hydrogens is 388 g/mol. The van der Waals surface area contributed by atoms with Gasteiger partial charge < -0.3 is 10.1 Å². The molecule has 0 atom stereocenters. The van der Waals surface area contributed by atoms with Crippen molar-refractivity contribution in [2.45, 2.75) is 13.2 Å². The van der Waals surface area contributed by atoms with Crippen LogP contribution in [0.25, 0.3) is 6.08 Å². The van der Waals surface area contributed by atoms with E-state index in [1.54, 1.807) is 41.2 Å². The number of aromatic nitrogens is 2. The maximum Gasteiger partial charge on any atom is 0.387 e. The lowest BCUT2D eigenvalue weighted by Gasteiger charge is -2.04. The van der Waals surface area contributed by atoms with Gasteiger partial charge in [0.1, 0.15) is 5.75 Å². The molecule has 0 aliphatic rings. The van der Waals surface area contributed by atoms with Gasteiger partial charge in [-0.15, -0.1) is 0 Å². The molecule has 1 N–H and O–H groups in total. The van der Waals surface area contributed by atoms with Gasteiger partial charge in [-0.3, -0.25) is 9.48 Å². The van der Waals surface area contributed by atoms with Gasteiger partial charge in [-0.25, -0.2) is 0 Å². The van der Waals surface area contributed by atoms with Gasteiger partial charge in [0.05, 0.1) is 6.54 Å². The summed E-state index contributed by atoms with van der Waals surface area (Å²) in [7, 11) is 0. The molecule has 28 heavy (non-hydrogen) atoms. The van der Waals surface area contributed by atoms with Gasteiger partial charge in [-0.1, -0.05) is 41.9 Å². The van der Waals surface area contributed by atoms with E-state index in [0.717, 1.165) is 5.56 Å². The Kier molecular flexibility index (Phi) is 6.39. The number of hydrogen-bond donors (Lipinski definition) is 1. The first-order valence-corrected chi connectivity index (χ1v) is 8.68. The fourth-order valence-corrected chi connectivity index (χ4v) is 2.61. The Labute approximate surface area is 165 Å². The van der Waals surface area contributed by atoms with E-state index in [4.69, 9.17) is 11.6 Å². The molecule has 1 heterocycles. The van der Waals surface area contributed by atoms with Gasteiger partial charge in [0.25, 0.3) is 0 Å². The second kappa shape index (κ2) is 9.14. The van der Waals surface area contributed by atoms with Crippen molar-refractivity contribution in [1.82, 2.24) is 9.78 Å². The summed E-state index contributed by atoms with van der Waals surface area (Å²) in [6, 6.07) is 15.1. The standard InChI is InChI=1S/C20H16ClF2N3O2/c21-17-4-2-1-3-15(17)13-26-12-11-18(25-26)24-19(27)10-7-14-5-8-16(9-6-14)28-20(22)23/h1-12,20H,13H2,(H,24,25,27)/b10-7-. The number of carbonyl (C=O) groups excluding carboxylic acids is 1. The Morgan fingerprint density at radius 1 is 1.18 bits per heavy atom. The highest BCUT2D eigenvalue weighted by molar-refractivity contribution is 6.31. The van der Waals surface area contributed by atoms with Gasteiger partial charge >= 0.3 is 6.61 Å². The molecule has 8 heteroatoms. The fourth-order valence-electron chi connectivity index (χ4n) is 2.42. The number of benzene rings is 2. The largest absolute Gasteiger partial charge is 0.435 e. The minimum atomic E-state index is -2.87. The number of nitrogens with one attached hydrogen (secondary N) is 1. The normalized spacial score (nSPS) is 11.1. The van der Waals surface area contributed by atoms with Crippen LogP contribution in [0.5, 0.6) is 5.75 Å². The van der Waals surface area contributed by atoms with E-state index in [1.165, 1.54) is 18.2 Å². The Balaban J connectivity index is 1.55. The van der Waals surface area contributed by atoms with Crippen LogP contribution in [0.1, 0.15) is 11.1 Å². The van der Waals surface area contributed by atoms with E-state index in [2.05, 4.69) is 15.2 Å². The van der Waals surface area contributed by atoms with Gasteiger partial charge in [-0.2, -0.15) is 13.9 Å². The molecule has 0 aliphatic heterocycles. The number of carbonyl (C=O) groups is 1. The second-order valence-electron chi connectivity index (χ2n) is 5.76. The molecule has 0 radical (unpaired) electrons. The molecule has 5 nitrogen and oxygen atoms in total. The summed E-state index contributed by atoms with van der Waals surface area (Å²) in [5, 5.41) is 7.59. The van der Waals surface area contributed by atoms with Crippen molar-refractivity contribution in [3.05, 3.63) is 83.0 Å². The molecule has 1 aromatic heterocycles. The van der Waals surface area contributed by atoms with Crippen LogP contribution in [0.2, 0.25) is 5.02 Å². The molecule has 2 aromatic carbocycles. The minimum Gasteiger partial charge on any atom is -0.435 e. The highest BCUT2D eigenvalue weighted by atomic mass is 35.5. The van der Waals surface area contributed by atoms with E-state index in [1.807, 2.05) is 18.2 Å². The number of halogens is 3. The van der Waals surface area contributed by atoms with E-state index >= 15 is 0 Å². The average molecular weight is 404 g/mol. The van der Waals surface area contributed by atoms with E-state index in [-0.39, 0.29) is 11.7 Å². The van der Waals surface area contributed by atoms with Crippen molar-refractivity contribution in [3.63, 3.8) is 0 Å². The Morgan fingerprint density at radius 2 is 1.93 bits per heavy atom. The quantitative estimate of drug-likeness (QED) is 0.574. The first-order valence-electron chi connectivity index (χ1n) is 8.30. The van der Waals surface area contributed by atoms with Crippen LogP contribution in [-0.4, -0.2) is 22.3 Å². The van der Waals surface area contributed by atoms with Crippen LogP contribution >= 0.6 is 11.6 Å². The topological polar surface area (TPSA) is 56.1 Å². The van der Waals surface area contributed by atoms with Crippen molar-refractivity contribution in [1.29, 1.82) is 0 Å². The smallest absolute Gasteiger partial charge is 0.387 e. The first kappa shape index (κ1) is 19.6. The zero-order valence-corrected chi connectivity index (χ0v) is 15.3. The molecule has 0 fully saturated rings. The summed E-state index contributed by atoms with van der Waals surface area (Å²) in [4.78, 5) is 12.0. The molecule has 0 spiro atoms. The van der Waals surface area contributed by atoms with Crippen molar-refractivity contribution in [2.24, 2.45) is 0 Å². The monoisotopic (exact) mass is 403 g/mol. The van der Waals surface area contributed by atoms with Crippen LogP contribution in [0, 0.1) is 0 Å². The zero-order valence-electron chi connectivity index (χ0n) is 14.6. The number of nitrogens with zero attached hydrogens (tertiary/aromatic N) is 2. The molecule has 0 saturated heterocycles. The summed E-state index contributed by atoms with van der Waals surface area (Å²) < 4.78 is 30.2. The number of alkyl halides is 2. The van der Waals surface area contributed by atoms with Crippen molar-refractivity contribution >= 4 is 29.4 Å². The first-order chi connectivity index (χ1) is 13.5. The van der Waals surface area contributed by atoms with Crippen LogP contribution in [0.15, 0.2) is 66.9 Å². The predicted octanol–water partition coefficient (Wildman–Crippen LogP) is 4.84. The van der Waals surface area contributed by atoms with E-state index in [0.29, 0.717) is 22.9 Å². The number of anilines is 1. The second-order valence-corrected chi connectivity index (χ2v) is 6.17. The highest BCUT2D eigenvalue weighted by Crippen LogP contribution is 2.17. The third-order valence-corrected chi connectivity index (χ3v) is 4.08. The van der Waals surface area contributed by atoms with Crippen LogP contribution in [-0.2, 0) is 11.3 Å². The highest BCUT2D eigenvalue weighted by Gasteiger charge is 2.05. The van der Waals surface area contributed by atoms with Gasteiger partial charge in [-0.05, 0) is 35.4 Å². The van der Waals surface area contributed by atoms with Crippen LogP contribution in [0.3, 0.4) is 0 Å². The third-order valence-electron chi connectivity index (χ3n) is 3.71. The number of rotatable bonds is 7. The van der Waals surface area contributed by atoms with Crippen LogP contribution in [0.4, 0.5) is 14.6 Å². The molecule has 0 bridgehead atoms. The van der Waals surface area contributed by atoms with Crippen molar-refractivity contribution < 1.29 is 18.3 Å². The number of amides is 1. The number of hydrogen-bond acceptors (Lipinski definition) is 3. The van der Waals surface area contributed by atoms with Crippen molar-refractivity contribution in [3.8, 4) is 5.75 Å². The summed E-state index contributed by atoms with van der Waals surface area (Å²) in [5.41, 5.74) is 1.59. The lowest BCUT2D eigenvalue weighted by atomic mass is 10.2. The van der Waals surface area contributed by atoms with Crippen molar-refractivity contribution in [2.75, 3.05) is 5.32 Å². The minimum absolute atomic E-state index is 0.0562. The summed E-state index contributed by atoms with van der Waals surface area (Å²) in [6.07, 6.45) is 4.63. The zero-order chi connectivity index (χ0) is 19.9. The summed E-state index contributed by atoms with van der Waals surface area (Å²) in [6.45, 7) is -2.39. The van der Waals surface area contributed by atoms with Gasteiger partial charge in [0.15, 0.2) is 5.82 Å². The van der Waals surface area contributed by atoms with Crippen LogP contribution < -0.4 is 10.1 Å². The Morgan fingerprint density at radius 3 is 2.64 bits per heavy atom.